The molecular weight excluding hydrogens is 459 g/mol. The standard InChI is InChI=1S/C19H24N4O3.HI/c1-19(2)10-14(13-6-4-5-7-15(13)26-19)23-18(21-3)22-11-12-8-9-16(25-12)17(20)24;/h4-9,14H,10-11H2,1-3H3,(H2,20,24)(H2,21,22,23);1H. The molecule has 27 heavy (non-hydrogen) atoms. The number of para-hydroxylation sites is 1. The fourth-order valence-electron chi connectivity index (χ4n) is 3.07. The summed E-state index contributed by atoms with van der Waals surface area (Å²) in [6.07, 6.45) is 0.803. The molecule has 146 valence electrons. The van der Waals surface area contributed by atoms with Crippen molar-refractivity contribution in [2.75, 3.05) is 7.05 Å². The Hall–Kier alpha value is -2.23. The zero-order chi connectivity index (χ0) is 18.7. The van der Waals surface area contributed by atoms with Gasteiger partial charge in [-0.3, -0.25) is 9.79 Å². The minimum Gasteiger partial charge on any atom is -0.487 e. The summed E-state index contributed by atoms with van der Waals surface area (Å²) in [6, 6.07) is 11.4. The average molecular weight is 484 g/mol. The third-order valence-corrected chi connectivity index (χ3v) is 4.25. The van der Waals surface area contributed by atoms with Crippen LogP contribution in [0.4, 0.5) is 0 Å². The van der Waals surface area contributed by atoms with E-state index >= 15 is 0 Å². The zero-order valence-electron chi connectivity index (χ0n) is 15.6. The van der Waals surface area contributed by atoms with E-state index in [4.69, 9.17) is 14.9 Å². The maximum atomic E-state index is 11.1. The van der Waals surface area contributed by atoms with Crippen LogP contribution in [0, 0.1) is 0 Å². The van der Waals surface area contributed by atoms with Crippen LogP contribution in [0.25, 0.3) is 0 Å². The highest BCUT2D eigenvalue weighted by Crippen LogP contribution is 2.39. The van der Waals surface area contributed by atoms with Crippen molar-refractivity contribution in [1.82, 2.24) is 10.6 Å². The van der Waals surface area contributed by atoms with E-state index in [-0.39, 0.29) is 41.4 Å². The van der Waals surface area contributed by atoms with Crippen LogP contribution in [0.5, 0.6) is 5.75 Å². The monoisotopic (exact) mass is 484 g/mol. The Balaban J connectivity index is 0.00000261. The Morgan fingerprint density at radius 2 is 2.04 bits per heavy atom. The van der Waals surface area contributed by atoms with Gasteiger partial charge in [-0.2, -0.15) is 0 Å². The lowest BCUT2D eigenvalue weighted by Gasteiger charge is -2.38. The molecule has 0 fully saturated rings. The lowest BCUT2D eigenvalue weighted by Crippen LogP contribution is -2.45. The third kappa shape index (κ3) is 5.15. The number of nitrogens with one attached hydrogen (secondary N) is 2. The summed E-state index contributed by atoms with van der Waals surface area (Å²) in [5.41, 5.74) is 6.03. The summed E-state index contributed by atoms with van der Waals surface area (Å²) in [6.45, 7) is 4.53. The molecule has 0 aliphatic carbocycles. The quantitative estimate of drug-likeness (QED) is 0.352. The number of hydrogen-bond acceptors (Lipinski definition) is 4. The van der Waals surface area contributed by atoms with Crippen molar-refractivity contribution < 1.29 is 13.9 Å². The molecule has 1 unspecified atom stereocenters. The van der Waals surface area contributed by atoms with Crippen LogP contribution in [-0.2, 0) is 6.54 Å². The second-order valence-corrected chi connectivity index (χ2v) is 6.86. The fourth-order valence-corrected chi connectivity index (χ4v) is 3.07. The van der Waals surface area contributed by atoms with Crippen molar-refractivity contribution in [2.24, 2.45) is 10.7 Å². The van der Waals surface area contributed by atoms with Crippen LogP contribution in [0.3, 0.4) is 0 Å². The first-order valence-electron chi connectivity index (χ1n) is 8.51. The number of fused-ring (bicyclic) bond motifs is 1. The van der Waals surface area contributed by atoms with Gasteiger partial charge in [0.05, 0.1) is 12.6 Å². The maximum Gasteiger partial charge on any atom is 0.284 e. The number of hydrogen-bond donors (Lipinski definition) is 3. The van der Waals surface area contributed by atoms with Crippen LogP contribution in [-0.4, -0.2) is 24.5 Å². The number of furan rings is 1. The summed E-state index contributed by atoms with van der Waals surface area (Å²) in [7, 11) is 1.71. The molecule has 1 atom stereocenters. The molecule has 1 aromatic carbocycles. The molecule has 8 heteroatoms. The third-order valence-electron chi connectivity index (χ3n) is 4.25. The lowest BCUT2D eigenvalue weighted by atomic mass is 9.90. The Bertz CT molecular complexity index is 832. The smallest absolute Gasteiger partial charge is 0.284 e. The number of nitrogens with two attached hydrogens (primary N) is 1. The van der Waals surface area contributed by atoms with Gasteiger partial charge in [-0.15, -0.1) is 24.0 Å². The maximum absolute atomic E-state index is 11.1. The van der Waals surface area contributed by atoms with Gasteiger partial charge in [0.1, 0.15) is 17.1 Å². The average Bonchev–Trinajstić information content (AvgIpc) is 3.06. The van der Waals surface area contributed by atoms with Gasteiger partial charge < -0.3 is 25.5 Å². The number of nitrogens with zero attached hydrogens (tertiary/aromatic N) is 1. The first-order chi connectivity index (χ1) is 12.4. The predicted molar refractivity (Wildman–Crippen MR) is 114 cm³/mol. The largest absolute Gasteiger partial charge is 0.487 e. The molecule has 0 radical (unpaired) electrons. The minimum absolute atomic E-state index is 0. The van der Waals surface area contributed by atoms with E-state index in [2.05, 4.69) is 35.5 Å². The van der Waals surface area contributed by atoms with Crippen molar-refractivity contribution in [1.29, 1.82) is 0 Å². The number of primary amides is 1. The van der Waals surface area contributed by atoms with Gasteiger partial charge in [0.15, 0.2) is 11.7 Å². The van der Waals surface area contributed by atoms with Crippen molar-refractivity contribution in [3.8, 4) is 5.75 Å². The Morgan fingerprint density at radius 3 is 2.70 bits per heavy atom. The van der Waals surface area contributed by atoms with E-state index in [1.807, 2.05) is 18.2 Å². The highest BCUT2D eigenvalue weighted by atomic mass is 127. The number of ether oxygens (including phenoxy) is 1. The van der Waals surface area contributed by atoms with Gasteiger partial charge in [0.25, 0.3) is 5.91 Å². The second kappa shape index (κ2) is 8.64. The Kier molecular flexibility index (Phi) is 6.74. The highest BCUT2D eigenvalue weighted by molar-refractivity contribution is 14.0. The molecule has 2 aromatic rings. The number of halogens is 1. The number of benzene rings is 1. The van der Waals surface area contributed by atoms with Crippen LogP contribution in [0.1, 0.15) is 48.2 Å². The van der Waals surface area contributed by atoms with E-state index in [1.165, 1.54) is 0 Å². The van der Waals surface area contributed by atoms with Crippen molar-refractivity contribution in [3.63, 3.8) is 0 Å². The van der Waals surface area contributed by atoms with Gasteiger partial charge in [-0.25, -0.2) is 0 Å². The van der Waals surface area contributed by atoms with E-state index in [1.54, 1.807) is 19.2 Å². The van der Waals surface area contributed by atoms with Gasteiger partial charge in [-0.1, -0.05) is 18.2 Å². The topological polar surface area (TPSA) is 102 Å². The Labute approximate surface area is 175 Å². The van der Waals surface area contributed by atoms with E-state index in [0.717, 1.165) is 17.7 Å². The predicted octanol–water partition coefficient (Wildman–Crippen LogP) is 2.96. The lowest BCUT2D eigenvalue weighted by molar-refractivity contribution is 0.0694. The Morgan fingerprint density at radius 1 is 1.30 bits per heavy atom. The van der Waals surface area contributed by atoms with Gasteiger partial charge in [-0.05, 0) is 32.0 Å². The molecule has 1 aliphatic heterocycles. The minimum atomic E-state index is -0.584. The summed E-state index contributed by atoms with van der Waals surface area (Å²) < 4.78 is 11.4. The fraction of sp³-hybridized carbons (Fsp3) is 0.368. The molecule has 1 aliphatic rings. The van der Waals surface area contributed by atoms with E-state index in [0.29, 0.717) is 18.3 Å². The molecule has 1 aromatic heterocycles. The summed E-state index contributed by atoms with van der Waals surface area (Å²) >= 11 is 0. The number of rotatable bonds is 4. The van der Waals surface area contributed by atoms with Gasteiger partial charge in [0, 0.05) is 19.0 Å². The first-order valence-corrected chi connectivity index (χ1v) is 8.51. The molecular formula is C19H25IN4O3. The zero-order valence-corrected chi connectivity index (χ0v) is 17.9. The van der Waals surface area contributed by atoms with Crippen LogP contribution in [0.15, 0.2) is 45.8 Å². The number of guanidine groups is 1. The molecule has 4 N–H and O–H groups in total. The van der Waals surface area contributed by atoms with Crippen LogP contribution < -0.4 is 21.1 Å². The van der Waals surface area contributed by atoms with Crippen LogP contribution in [0.2, 0.25) is 0 Å². The SMILES string of the molecule is CN=C(NCc1ccc(C(N)=O)o1)NC1CC(C)(C)Oc2ccccc21.I. The normalized spacial score (nSPS) is 17.9. The summed E-state index contributed by atoms with van der Waals surface area (Å²) in [5, 5.41) is 6.64. The van der Waals surface area contributed by atoms with Crippen molar-refractivity contribution in [3.05, 3.63) is 53.5 Å². The number of aliphatic imine (C=N–C) groups is 1. The molecule has 3 rings (SSSR count). The summed E-state index contributed by atoms with van der Waals surface area (Å²) in [5.74, 6) is 1.69. The molecule has 7 nitrogen and oxygen atoms in total. The number of carbonyl (C=O) groups is 1. The van der Waals surface area contributed by atoms with Crippen molar-refractivity contribution >= 4 is 35.8 Å². The van der Waals surface area contributed by atoms with Crippen molar-refractivity contribution in [2.45, 2.75) is 38.5 Å². The van der Waals surface area contributed by atoms with Gasteiger partial charge in [0.2, 0.25) is 0 Å². The van der Waals surface area contributed by atoms with Crippen LogP contribution >= 0.6 is 24.0 Å². The number of amides is 1. The van der Waals surface area contributed by atoms with Gasteiger partial charge >= 0.3 is 0 Å². The first kappa shape index (κ1) is 21.1. The molecule has 1 amide bonds. The molecule has 0 bridgehead atoms. The molecule has 2 heterocycles. The van der Waals surface area contributed by atoms with E-state index in [9.17, 15) is 4.79 Å². The summed E-state index contributed by atoms with van der Waals surface area (Å²) in [4.78, 5) is 15.4. The number of carbonyl (C=O) groups excluding carboxylic acids is 1. The van der Waals surface area contributed by atoms with E-state index < -0.39 is 5.91 Å². The molecule has 0 saturated carbocycles. The highest BCUT2D eigenvalue weighted by Gasteiger charge is 2.33. The molecule has 0 spiro atoms. The molecule has 0 saturated heterocycles. The second-order valence-electron chi connectivity index (χ2n) is 6.86.